The third-order valence-electron chi connectivity index (χ3n) is 7.09. The molecule has 10 nitrogen and oxygen atoms in total. The maximum absolute atomic E-state index is 11.6. The lowest BCUT2D eigenvalue weighted by Gasteiger charge is -2.56. The monoisotopic (exact) mass is 478 g/mol. The number of piperidine rings is 1. The van der Waals surface area contributed by atoms with Gasteiger partial charge in [0, 0.05) is 50.1 Å². The molecule has 1 amide bonds. The van der Waals surface area contributed by atoms with Crippen molar-refractivity contribution in [2.24, 2.45) is 23.5 Å². The number of ether oxygens (including phenoxy) is 2. The summed E-state index contributed by atoms with van der Waals surface area (Å²) in [5.74, 6) is -1.62. The molecule has 4 rings (SSSR count). The molecule has 2 heterocycles. The van der Waals surface area contributed by atoms with Crippen LogP contribution in [0.3, 0.4) is 0 Å². The summed E-state index contributed by atoms with van der Waals surface area (Å²) in [5, 5.41) is 24.1. The van der Waals surface area contributed by atoms with E-state index in [-0.39, 0.29) is 11.5 Å². The molecule has 0 radical (unpaired) electrons. The molecule has 3 atom stereocenters. The minimum Gasteiger partial charge on any atom is -0.481 e. The molecule has 2 saturated heterocycles. The number of aliphatic hydroxyl groups is 1. The third kappa shape index (κ3) is 5.75. The van der Waals surface area contributed by atoms with Gasteiger partial charge in [-0.1, -0.05) is 18.6 Å². The van der Waals surface area contributed by atoms with E-state index in [4.69, 9.17) is 30.5 Å². The normalized spacial score (nSPS) is 27.6. The Kier molecular flexibility index (Phi) is 8.64. The van der Waals surface area contributed by atoms with Gasteiger partial charge in [-0.2, -0.15) is 0 Å². The average Bonchev–Trinajstić information content (AvgIpc) is 2.75. The first-order valence-electron chi connectivity index (χ1n) is 11.6. The summed E-state index contributed by atoms with van der Waals surface area (Å²) in [6.45, 7) is 5.06. The SMILES string of the molecule is COC1(c2cccc(C(N)=O)c2)C2CCCC1CN(CC1COC1)C2.O=C(O)CC(O)C(=O)O. The van der Waals surface area contributed by atoms with Gasteiger partial charge in [0.25, 0.3) is 0 Å². The van der Waals surface area contributed by atoms with Crippen molar-refractivity contribution in [2.75, 3.05) is 40.0 Å². The number of carboxylic acids is 2. The second-order valence-corrected chi connectivity index (χ2v) is 9.34. The van der Waals surface area contributed by atoms with Crippen LogP contribution in [0.5, 0.6) is 0 Å². The van der Waals surface area contributed by atoms with Gasteiger partial charge in [-0.3, -0.25) is 9.59 Å². The van der Waals surface area contributed by atoms with Crippen molar-refractivity contribution >= 4 is 17.8 Å². The fraction of sp³-hybridized carbons (Fsp3) is 0.625. The van der Waals surface area contributed by atoms with Crippen molar-refractivity contribution in [3.63, 3.8) is 0 Å². The lowest BCUT2D eigenvalue weighted by atomic mass is 9.62. The number of carbonyl (C=O) groups excluding carboxylic acids is 1. The van der Waals surface area contributed by atoms with Crippen LogP contribution < -0.4 is 5.73 Å². The summed E-state index contributed by atoms with van der Waals surface area (Å²) < 4.78 is 11.6. The summed E-state index contributed by atoms with van der Waals surface area (Å²) in [7, 11) is 1.83. The quantitative estimate of drug-likeness (QED) is 0.426. The zero-order valence-corrected chi connectivity index (χ0v) is 19.4. The fourth-order valence-corrected chi connectivity index (χ4v) is 5.52. The van der Waals surface area contributed by atoms with Crippen molar-refractivity contribution in [2.45, 2.75) is 37.4 Å². The van der Waals surface area contributed by atoms with Gasteiger partial charge >= 0.3 is 11.9 Å². The lowest BCUT2D eigenvalue weighted by Crippen LogP contribution is -2.60. The molecule has 1 aromatic rings. The average molecular weight is 479 g/mol. The first-order valence-corrected chi connectivity index (χ1v) is 11.6. The highest BCUT2D eigenvalue weighted by Gasteiger charge is 2.53. The summed E-state index contributed by atoms with van der Waals surface area (Å²) in [5.41, 5.74) is 6.90. The van der Waals surface area contributed by atoms with E-state index in [0.717, 1.165) is 38.4 Å². The van der Waals surface area contributed by atoms with Gasteiger partial charge in [-0.15, -0.1) is 0 Å². The molecule has 3 aliphatic rings. The Morgan fingerprint density at radius 2 is 1.85 bits per heavy atom. The van der Waals surface area contributed by atoms with E-state index in [1.807, 2.05) is 19.2 Å². The smallest absolute Gasteiger partial charge is 0.333 e. The lowest BCUT2D eigenvalue weighted by molar-refractivity contribution is -0.174. The molecule has 188 valence electrons. The number of primary amides is 1. The van der Waals surface area contributed by atoms with E-state index < -0.39 is 24.5 Å². The van der Waals surface area contributed by atoms with Crippen molar-refractivity contribution in [3.05, 3.63) is 35.4 Å². The van der Waals surface area contributed by atoms with E-state index >= 15 is 0 Å². The maximum atomic E-state index is 11.6. The zero-order chi connectivity index (χ0) is 24.9. The van der Waals surface area contributed by atoms with Crippen LogP contribution in [-0.2, 0) is 24.7 Å². The Hall–Kier alpha value is -2.53. The number of benzene rings is 1. The van der Waals surface area contributed by atoms with E-state index in [2.05, 4.69) is 11.0 Å². The van der Waals surface area contributed by atoms with E-state index in [1.165, 1.54) is 19.3 Å². The second-order valence-electron chi connectivity index (χ2n) is 9.34. The van der Waals surface area contributed by atoms with Crippen LogP contribution in [0.4, 0.5) is 0 Å². The highest BCUT2D eigenvalue weighted by molar-refractivity contribution is 5.93. The molecule has 3 fully saturated rings. The van der Waals surface area contributed by atoms with Crippen LogP contribution in [0.25, 0.3) is 0 Å². The number of hydrogen-bond donors (Lipinski definition) is 4. The molecule has 34 heavy (non-hydrogen) atoms. The third-order valence-corrected chi connectivity index (χ3v) is 7.09. The number of aliphatic hydroxyl groups excluding tert-OH is 1. The zero-order valence-electron chi connectivity index (χ0n) is 19.4. The number of nitrogens with two attached hydrogens (primary N) is 1. The number of fused-ring (bicyclic) bond motifs is 2. The van der Waals surface area contributed by atoms with E-state index in [9.17, 15) is 14.4 Å². The first kappa shape index (κ1) is 26.1. The van der Waals surface area contributed by atoms with Gasteiger partial charge in [0.2, 0.25) is 5.91 Å². The van der Waals surface area contributed by atoms with Crippen molar-refractivity contribution < 1.29 is 39.2 Å². The van der Waals surface area contributed by atoms with Crippen molar-refractivity contribution in [1.29, 1.82) is 0 Å². The summed E-state index contributed by atoms with van der Waals surface area (Å²) in [6.07, 6.45) is 1.06. The highest BCUT2D eigenvalue weighted by Crippen LogP contribution is 2.51. The number of aliphatic carboxylic acids is 2. The molecule has 10 heteroatoms. The number of likely N-dealkylation sites (tertiary alicyclic amines) is 1. The van der Waals surface area contributed by atoms with Gasteiger partial charge in [0.05, 0.1) is 19.6 Å². The number of methoxy groups -OCH3 is 1. The van der Waals surface area contributed by atoms with Crippen molar-refractivity contribution in [3.8, 4) is 0 Å². The Bertz CT molecular complexity index is 873. The minimum absolute atomic E-state index is 0.295. The van der Waals surface area contributed by atoms with Gasteiger partial charge in [-0.25, -0.2) is 4.79 Å². The molecule has 0 spiro atoms. The minimum atomic E-state index is -1.79. The van der Waals surface area contributed by atoms with Crippen LogP contribution >= 0.6 is 0 Å². The molecule has 2 bridgehead atoms. The van der Waals surface area contributed by atoms with E-state index in [0.29, 0.717) is 23.3 Å². The highest BCUT2D eigenvalue weighted by atomic mass is 16.5. The first-order chi connectivity index (χ1) is 16.2. The number of carboxylic acid groups (broad SMARTS) is 2. The van der Waals surface area contributed by atoms with Crippen LogP contribution in [0.2, 0.25) is 0 Å². The van der Waals surface area contributed by atoms with Gasteiger partial charge < -0.3 is 35.4 Å². The van der Waals surface area contributed by atoms with Gasteiger partial charge in [0.15, 0.2) is 6.10 Å². The number of hydrogen-bond acceptors (Lipinski definition) is 7. The molecule has 5 N–H and O–H groups in total. The molecule has 2 aliphatic heterocycles. The molecule has 0 aromatic heterocycles. The number of nitrogens with zero attached hydrogens (tertiary/aromatic N) is 1. The molecule has 1 saturated carbocycles. The molecular formula is C24H34N2O8. The van der Waals surface area contributed by atoms with Gasteiger partial charge in [0.1, 0.15) is 5.60 Å². The van der Waals surface area contributed by atoms with Crippen molar-refractivity contribution in [1.82, 2.24) is 4.90 Å². The number of amides is 1. The van der Waals surface area contributed by atoms with E-state index in [1.54, 1.807) is 6.07 Å². The summed E-state index contributed by atoms with van der Waals surface area (Å²) >= 11 is 0. The number of carbonyl (C=O) groups is 3. The molecular weight excluding hydrogens is 444 g/mol. The van der Waals surface area contributed by atoms with Crippen LogP contribution in [0, 0.1) is 17.8 Å². The van der Waals surface area contributed by atoms with Crippen LogP contribution in [0.1, 0.15) is 41.6 Å². The van der Waals surface area contributed by atoms with Gasteiger partial charge in [-0.05, 0) is 30.5 Å². The molecule has 1 aromatic carbocycles. The standard InChI is InChI=1S/C20H28N2O3.C4H6O5/c1-24-20(16-5-2-4-15(8-16)19(21)23)17-6-3-7-18(20)11-22(10-17)9-14-12-25-13-14;5-2(4(8)9)1-3(6)7/h2,4-5,8,14,17-18H,3,6-7,9-13H2,1H3,(H2,21,23);2,5H,1H2,(H,6,7)(H,8,9). The Balaban J connectivity index is 0.000000309. The predicted octanol–water partition coefficient (Wildman–Crippen LogP) is 0.912. The molecule has 1 aliphatic carbocycles. The largest absolute Gasteiger partial charge is 0.481 e. The maximum Gasteiger partial charge on any atom is 0.333 e. The predicted molar refractivity (Wildman–Crippen MR) is 121 cm³/mol. The van der Waals surface area contributed by atoms with Crippen LogP contribution in [0.15, 0.2) is 24.3 Å². The number of rotatable bonds is 8. The fourth-order valence-electron chi connectivity index (χ4n) is 5.52. The summed E-state index contributed by atoms with van der Waals surface area (Å²) in [4.78, 5) is 33.7. The Morgan fingerprint density at radius 1 is 1.21 bits per heavy atom. The Morgan fingerprint density at radius 3 is 2.29 bits per heavy atom. The second kappa shape index (κ2) is 11.3. The summed E-state index contributed by atoms with van der Waals surface area (Å²) in [6, 6.07) is 7.78. The Labute approximate surface area is 198 Å². The van der Waals surface area contributed by atoms with Crippen LogP contribution in [-0.4, -0.2) is 84.1 Å². The molecule has 3 unspecified atom stereocenters. The topological polar surface area (TPSA) is 160 Å².